The zero-order valence-electron chi connectivity index (χ0n) is 53.2. The fourth-order valence-electron chi connectivity index (χ4n) is 11.2. The summed E-state index contributed by atoms with van der Waals surface area (Å²) in [6.07, 6.45) is 84.0. The number of nitrogens with zero attached hydrogens (tertiary/aromatic N) is 1. The van der Waals surface area contributed by atoms with Gasteiger partial charge in [-0.2, -0.15) is 0 Å². The maximum Gasteiger partial charge on any atom is 0.157 e. The Labute approximate surface area is 495 Å². The molecular formula is C72H142N2O5. The molecule has 2 atom stereocenters. The van der Waals surface area contributed by atoms with Crippen molar-refractivity contribution in [3.8, 4) is 0 Å². The van der Waals surface area contributed by atoms with Crippen LogP contribution in [0.5, 0.6) is 0 Å². The SMILES string of the molecule is C.CCCCC/C=C\C/C=C\CCCCCCCCCC(CCCCCCCCC1OCCO1)CCCN(C)C.CCCCC/C=C\C/C=C\CCCCCCCCCC(CCCN)CCCCCCCCC1OCCO1.CO. The number of aliphatic hydroxyl groups excluding tert-OH is 1. The Morgan fingerprint density at radius 2 is 0.633 bits per heavy atom. The average molecular weight is 1120 g/mol. The number of aliphatic hydroxyl groups is 1. The molecule has 79 heavy (non-hydrogen) atoms. The van der Waals surface area contributed by atoms with Crippen LogP contribution in [0.25, 0.3) is 0 Å². The van der Waals surface area contributed by atoms with Gasteiger partial charge in [0.05, 0.1) is 26.4 Å². The topological polar surface area (TPSA) is 86.4 Å². The van der Waals surface area contributed by atoms with E-state index in [1.165, 1.54) is 289 Å². The fraction of sp³-hybridized carbons (Fsp3) is 0.889. The first-order valence-electron chi connectivity index (χ1n) is 34.4. The highest BCUT2D eigenvalue weighted by Gasteiger charge is 2.16. The Balaban J connectivity index is 0. The van der Waals surface area contributed by atoms with Crippen LogP contribution in [0.1, 0.15) is 329 Å². The summed E-state index contributed by atoms with van der Waals surface area (Å²) in [7, 11) is 5.42. The van der Waals surface area contributed by atoms with E-state index in [4.69, 9.17) is 29.8 Å². The Morgan fingerprint density at radius 3 is 0.937 bits per heavy atom. The van der Waals surface area contributed by atoms with Gasteiger partial charge in [-0.1, -0.05) is 263 Å². The third-order valence-electron chi connectivity index (χ3n) is 16.1. The molecule has 0 amide bonds. The normalized spacial score (nSPS) is 15.0. The fourth-order valence-corrected chi connectivity index (χ4v) is 11.2. The number of hydrogen-bond acceptors (Lipinski definition) is 7. The number of unbranched alkanes of at least 4 members (excludes halogenated alkanes) is 30. The molecule has 0 aromatic rings. The van der Waals surface area contributed by atoms with Crippen molar-refractivity contribution in [3.05, 3.63) is 48.6 Å². The summed E-state index contributed by atoms with van der Waals surface area (Å²) in [5.41, 5.74) is 5.81. The number of allylic oxidation sites excluding steroid dienone is 8. The van der Waals surface area contributed by atoms with Crippen molar-refractivity contribution in [2.24, 2.45) is 17.6 Å². The molecule has 7 nitrogen and oxygen atoms in total. The van der Waals surface area contributed by atoms with Gasteiger partial charge in [-0.15, -0.1) is 0 Å². The monoisotopic (exact) mass is 1120 g/mol. The zero-order chi connectivity index (χ0) is 56.6. The maximum absolute atomic E-state index is 7.00. The predicted molar refractivity (Wildman–Crippen MR) is 350 cm³/mol. The van der Waals surface area contributed by atoms with E-state index >= 15 is 0 Å². The second kappa shape index (κ2) is 69.2. The van der Waals surface area contributed by atoms with E-state index in [2.05, 4.69) is 81.5 Å². The summed E-state index contributed by atoms with van der Waals surface area (Å²) in [6.45, 7) is 9.79. The van der Waals surface area contributed by atoms with Gasteiger partial charge in [-0.05, 0) is 155 Å². The summed E-state index contributed by atoms with van der Waals surface area (Å²) in [6, 6.07) is 0. The number of nitrogens with two attached hydrogens (primary N) is 1. The van der Waals surface area contributed by atoms with Crippen LogP contribution in [-0.4, -0.2) is 83.3 Å². The second-order valence-corrected chi connectivity index (χ2v) is 23.8. The molecule has 3 N–H and O–H groups in total. The first-order valence-corrected chi connectivity index (χ1v) is 34.4. The van der Waals surface area contributed by atoms with Gasteiger partial charge in [0, 0.05) is 7.11 Å². The van der Waals surface area contributed by atoms with Crippen LogP contribution in [-0.2, 0) is 18.9 Å². The van der Waals surface area contributed by atoms with E-state index in [1.807, 2.05) is 0 Å². The van der Waals surface area contributed by atoms with Crippen LogP contribution in [0, 0.1) is 11.8 Å². The minimum Gasteiger partial charge on any atom is -0.400 e. The third kappa shape index (κ3) is 62.6. The molecule has 2 aliphatic rings. The molecule has 2 unspecified atom stereocenters. The van der Waals surface area contributed by atoms with Crippen LogP contribution in [0.15, 0.2) is 48.6 Å². The molecule has 0 aromatic carbocycles. The van der Waals surface area contributed by atoms with E-state index < -0.39 is 0 Å². The predicted octanol–water partition coefficient (Wildman–Crippen LogP) is 21.7. The van der Waals surface area contributed by atoms with Gasteiger partial charge in [0.25, 0.3) is 0 Å². The van der Waals surface area contributed by atoms with Crippen LogP contribution < -0.4 is 5.73 Å². The Hall–Kier alpha value is -1.32. The van der Waals surface area contributed by atoms with Crippen LogP contribution in [0.2, 0.25) is 0 Å². The third-order valence-corrected chi connectivity index (χ3v) is 16.1. The summed E-state index contributed by atoms with van der Waals surface area (Å²) < 4.78 is 22.1. The molecule has 0 spiro atoms. The lowest BCUT2D eigenvalue weighted by Gasteiger charge is -2.18. The molecule has 0 aromatic heterocycles. The van der Waals surface area contributed by atoms with Crippen molar-refractivity contribution in [1.29, 1.82) is 0 Å². The Morgan fingerprint density at radius 1 is 0.367 bits per heavy atom. The van der Waals surface area contributed by atoms with Gasteiger partial charge in [-0.3, -0.25) is 0 Å². The smallest absolute Gasteiger partial charge is 0.157 e. The summed E-state index contributed by atoms with van der Waals surface area (Å²) in [4.78, 5) is 2.35. The van der Waals surface area contributed by atoms with Crippen LogP contribution in [0.4, 0.5) is 0 Å². The van der Waals surface area contributed by atoms with E-state index in [9.17, 15) is 0 Å². The second-order valence-electron chi connectivity index (χ2n) is 23.8. The molecule has 0 bridgehead atoms. The molecule has 2 saturated heterocycles. The molecule has 2 aliphatic heterocycles. The van der Waals surface area contributed by atoms with Gasteiger partial charge >= 0.3 is 0 Å². The number of hydrogen-bond donors (Lipinski definition) is 2. The summed E-state index contributed by atoms with van der Waals surface area (Å²) in [5, 5.41) is 7.00. The highest BCUT2D eigenvalue weighted by molar-refractivity contribution is 4.93. The van der Waals surface area contributed by atoms with E-state index in [-0.39, 0.29) is 20.0 Å². The van der Waals surface area contributed by atoms with Crippen molar-refractivity contribution in [2.75, 3.05) is 60.7 Å². The molecule has 0 radical (unpaired) electrons. The van der Waals surface area contributed by atoms with Crippen molar-refractivity contribution in [3.63, 3.8) is 0 Å². The van der Waals surface area contributed by atoms with E-state index in [0.29, 0.717) is 0 Å². The highest BCUT2D eigenvalue weighted by atomic mass is 16.7. The maximum atomic E-state index is 7.00. The van der Waals surface area contributed by atoms with Crippen LogP contribution >= 0.6 is 0 Å². The summed E-state index contributed by atoms with van der Waals surface area (Å²) in [5.74, 6) is 1.87. The van der Waals surface area contributed by atoms with Gasteiger partial charge in [-0.25, -0.2) is 0 Å². The van der Waals surface area contributed by atoms with Gasteiger partial charge in [0.1, 0.15) is 0 Å². The highest BCUT2D eigenvalue weighted by Crippen LogP contribution is 2.26. The number of ether oxygens (including phenoxy) is 4. The van der Waals surface area contributed by atoms with Crippen molar-refractivity contribution in [1.82, 2.24) is 4.90 Å². The number of rotatable bonds is 57. The van der Waals surface area contributed by atoms with E-state index in [1.54, 1.807) is 0 Å². The molecule has 2 heterocycles. The van der Waals surface area contributed by atoms with Gasteiger partial charge in [0.2, 0.25) is 0 Å². The van der Waals surface area contributed by atoms with Gasteiger partial charge < -0.3 is 34.7 Å². The molecular weight excluding hydrogens is 973 g/mol. The summed E-state index contributed by atoms with van der Waals surface area (Å²) >= 11 is 0. The van der Waals surface area contributed by atoms with Crippen molar-refractivity contribution < 1.29 is 24.1 Å². The lowest BCUT2D eigenvalue weighted by molar-refractivity contribution is -0.0482. The van der Waals surface area contributed by atoms with E-state index in [0.717, 1.165) is 77.6 Å². The minimum atomic E-state index is 0. The first kappa shape index (κ1) is 79.7. The van der Waals surface area contributed by atoms with Crippen molar-refractivity contribution in [2.45, 2.75) is 342 Å². The minimum absolute atomic E-state index is 0. The Bertz CT molecular complexity index is 1230. The lowest BCUT2D eigenvalue weighted by Crippen LogP contribution is -2.14. The molecule has 2 rings (SSSR count). The van der Waals surface area contributed by atoms with Gasteiger partial charge in [0.15, 0.2) is 12.6 Å². The van der Waals surface area contributed by atoms with Crippen molar-refractivity contribution >= 4 is 0 Å². The molecule has 0 saturated carbocycles. The molecule has 0 aliphatic carbocycles. The average Bonchev–Trinajstić information content (AvgIpc) is 4.19. The van der Waals surface area contributed by atoms with Crippen LogP contribution in [0.3, 0.4) is 0 Å². The zero-order valence-corrected chi connectivity index (χ0v) is 53.2. The molecule has 2 fully saturated rings. The first-order chi connectivity index (χ1) is 38.6. The molecule has 470 valence electrons. The standard InChI is InChI=1S/C36H69NO2.C34H65NO2.CH4O.CH4/c1-4-5-6-7-8-9-10-11-12-13-14-15-16-17-18-21-24-28-35(30-27-32-37(2)3)29-25-22-19-20-23-26-31-36-38-33-34-39-36;1-2-3-4-5-6-7-8-9-10-11-12-13-14-15-16-19-22-26-33(28-25-30-35)27-23-20-17-18-21-24-29-34-36-31-32-37-34;1-2;/h8-9,11-12,35-36H,4-7,10,13-34H2,1-3H3;6-7,9-10,33-34H,2-5,8,11-32,35H2,1H3;2H,1H3;1H4/b9-8-,12-11-;7-6-,10-9-;;. The quantitative estimate of drug-likeness (QED) is 0.0463. The Kier molecular flexibility index (Phi) is 69.8. The molecule has 7 heteroatoms. The lowest BCUT2D eigenvalue weighted by atomic mass is 9.90. The largest absolute Gasteiger partial charge is 0.400 e.